The number of thioether (sulfide) groups is 1. The first-order chi connectivity index (χ1) is 9.32. The molecule has 0 aromatic heterocycles. The predicted molar refractivity (Wildman–Crippen MR) is 75.4 cm³/mol. The van der Waals surface area contributed by atoms with Gasteiger partial charge in [0.1, 0.15) is 0 Å². The maximum Gasteiger partial charge on any atom is 0.446 e. The molecule has 20 heavy (non-hydrogen) atoms. The van der Waals surface area contributed by atoms with Gasteiger partial charge in [-0.1, -0.05) is 19.1 Å². The molecule has 0 bridgehead atoms. The van der Waals surface area contributed by atoms with Crippen molar-refractivity contribution in [3.05, 3.63) is 29.8 Å². The van der Waals surface area contributed by atoms with Crippen LogP contribution < -0.4 is 5.73 Å². The molecule has 2 rings (SSSR count). The van der Waals surface area contributed by atoms with Crippen molar-refractivity contribution in [2.24, 2.45) is 11.7 Å². The highest BCUT2D eigenvalue weighted by atomic mass is 32.2. The molecule has 6 heteroatoms. The van der Waals surface area contributed by atoms with Crippen molar-refractivity contribution in [2.45, 2.75) is 36.3 Å². The number of hydrogen-bond acceptors (Lipinski definition) is 3. The highest BCUT2D eigenvalue weighted by Gasteiger charge is 2.29. The molecule has 1 aromatic carbocycles. The summed E-state index contributed by atoms with van der Waals surface area (Å²) in [5, 5.41) is 0. The quantitative estimate of drug-likeness (QED) is 0.867. The average Bonchev–Trinajstić information content (AvgIpc) is 2.28. The Balaban J connectivity index is 1.93. The van der Waals surface area contributed by atoms with E-state index in [4.69, 9.17) is 5.73 Å². The molecule has 112 valence electrons. The zero-order valence-corrected chi connectivity index (χ0v) is 12.2. The lowest BCUT2D eigenvalue weighted by molar-refractivity contribution is -0.0328. The van der Waals surface area contributed by atoms with E-state index in [9.17, 15) is 13.2 Å². The summed E-state index contributed by atoms with van der Waals surface area (Å²) in [6.45, 7) is 4.76. The fourth-order valence-electron chi connectivity index (χ4n) is 2.70. The van der Waals surface area contributed by atoms with Gasteiger partial charge in [-0.3, -0.25) is 4.90 Å². The summed E-state index contributed by atoms with van der Waals surface area (Å²) in [6, 6.07) is 6.78. The molecule has 2 nitrogen and oxygen atoms in total. The highest BCUT2D eigenvalue weighted by molar-refractivity contribution is 8.00. The molecule has 2 unspecified atom stereocenters. The van der Waals surface area contributed by atoms with Gasteiger partial charge < -0.3 is 5.73 Å². The Hall–Kier alpha value is -0.720. The smallest absolute Gasteiger partial charge is 0.327 e. The Kier molecular flexibility index (Phi) is 4.99. The average molecular weight is 304 g/mol. The molecule has 1 heterocycles. The zero-order valence-electron chi connectivity index (χ0n) is 11.4. The van der Waals surface area contributed by atoms with Crippen molar-refractivity contribution in [2.75, 3.05) is 13.1 Å². The van der Waals surface area contributed by atoms with Gasteiger partial charge >= 0.3 is 5.51 Å². The van der Waals surface area contributed by atoms with Crippen molar-refractivity contribution in [1.29, 1.82) is 0 Å². The third-order valence-corrected chi connectivity index (χ3v) is 4.07. The van der Waals surface area contributed by atoms with Gasteiger partial charge in [0.05, 0.1) is 0 Å². The molecule has 1 fully saturated rings. The van der Waals surface area contributed by atoms with Crippen LogP contribution in [-0.4, -0.2) is 29.5 Å². The molecule has 1 aliphatic rings. The minimum atomic E-state index is -4.23. The Labute approximate surface area is 121 Å². The van der Waals surface area contributed by atoms with E-state index in [0.29, 0.717) is 5.92 Å². The Morgan fingerprint density at radius 1 is 1.25 bits per heavy atom. The SMILES string of the molecule is CC1CC(N)CN(Cc2ccc(SC(F)(F)F)cc2)C1. The van der Waals surface area contributed by atoms with Crippen LogP contribution >= 0.6 is 11.8 Å². The van der Waals surface area contributed by atoms with Crippen LogP contribution in [0.5, 0.6) is 0 Å². The number of rotatable bonds is 3. The molecule has 1 aromatic rings. The van der Waals surface area contributed by atoms with Gasteiger partial charge in [-0.25, -0.2) is 0 Å². The van der Waals surface area contributed by atoms with Crippen LogP contribution in [0.25, 0.3) is 0 Å². The molecule has 0 aliphatic carbocycles. The van der Waals surface area contributed by atoms with Crippen molar-refractivity contribution >= 4 is 11.8 Å². The first-order valence-electron chi connectivity index (χ1n) is 6.64. The van der Waals surface area contributed by atoms with Gasteiger partial charge in [0.15, 0.2) is 0 Å². The molecule has 2 atom stereocenters. The van der Waals surface area contributed by atoms with Gasteiger partial charge in [0.25, 0.3) is 0 Å². The molecule has 0 spiro atoms. The topological polar surface area (TPSA) is 29.3 Å². The van der Waals surface area contributed by atoms with Gasteiger partial charge in [-0.2, -0.15) is 13.2 Å². The summed E-state index contributed by atoms with van der Waals surface area (Å²) in [4.78, 5) is 2.50. The predicted octanol–water partition coefficient (Wildman–Crippen LogP) is 3.47. The van der Waals surface area contributed by atoms with Crippen LogP contribution in [0.3, 0.4) is 0 Å². The van der Waals surface area contributed by atoms with Crippen LogP contribution in [0, 0.1) is 5.92 Å². The second-order valence-electron chi connectivity index (χ2n) is 5.49. The summed E-state index contributed by atoms with van der Waals surface area (Å²) < 4.78 is 36.7. The molecule has 0 amide bonds. The molecule has 0 radical (unpaired) electrons. The van der Waals surface area contributed by atoms with Crippen LogP contribution in [0.4, 0.5) is 13.2 Å². The van der Waals surface area contributed by atoms with E-state index in [-0.39, 0.29) is 22.7 Å². The van der Waals surface area contributed by atoms with E-state index in [1.165, 1.54) is 12.1 Å². The highest BCUT2D eigenvalue weighted by Crippen LogP contribution is 2.36. The summed E-state index contributed by atoms with van der Waals surface area (Å²) >= 11 is -0.0773. The lowest BCUT2D eigenvalue weighted by Gasteiger charge is -2.34. The molecule has 1 saturated heterocycles. The van der Waals surface area contributed by atoms with Crippen LogP contribution in [0.2, 0.25) is 0 Å². The van der Waals surface area contributed by atoms with E-state index < -0.39 is 5.51 Å². The maximum absolute atomic E-state index is 12.2. The molecular weight excluding hydrogens is 285 g/mol. The van der Waals surface area contributed by atoms with Gasteiger partial charge in [-0.05, 0) is 41.8 Å². The largest absolute Gasteiger partial charge is 0.446 e. The van der Waals surface area contributed by atoms with Crippen LogP contribution in [0.1, 0.15) is 18.9 Å². The fraction of sp³-hybridized carbons (Fsp3) is 0.571. The van der Waals surface area contributed by atoms with Crippen molar-refractivity contribution in [1.82, 2.24) is 4.90 Å². The van der Waals surface area contributed by atoms with E-state index in [0.717, 1.165) is 31.6 Å². The zero-order chi connectivity index (χ0) is 14.8. The van der Waals surface area contributed by atoms with E-state index in [1.807, 2.05) is 0 Å². The van der Waals surface area contributed by atoms with Crippen molar-refractivity contribution in [3.63, 3.8) is 0 Å². The lowest BCUT2D eigenvalue weighted by atomic mass is 9.96. The summed E-state index contributed by atoms with van der Waals surface area (Å²) in [5.41, 5.74) is 2.79. The molecule has 1 aliphatic heterocycles. The number of benzene rings is 1. The number of nitrogens with two attached hydrogens (primary N) is 1. The summed E-state index contributed by atoms with van der Waals surface area (Å²) in [7, 11) is 0. The van der Waals surface area contributed by atoms with Crippen LogP contribution in [0.15, 0.2) is 29.2 Å². The second kappa shape index (κ2) is 6.37. The lowest BCUT2D eigenvalue weighted by Crippen LogP contribution is -2.45. The van der Waals surface area contributed by atoms with E-state index in [2.05, 4.69) is 11.8 Å². The molecule has 0 saturated carbocycles. The summed E-state index contributed by atoms with van der Waals surface area (Å²) in [5.74, 6) is 0.568. The van der Waals surface area contributed by atoms with Crippen molar-refractivity contribution in [3.8, 4) is 0 Å². The number of halogens is 3. The molecular formula is C14H19F3N2S. The number of piperidine rings is 1. The first kappa shape index (κ1) is 15.7. The minimum Gasteiger partial charge on any atom is -0.327 e. The standard InChI is InChI=1S/C14H19F3N2S/c1-10-6-12(18)9-19(7-10)8-11-2-4-13(5-3-11)20-14(15,16)17/h2-5,10,12H,6-9,18H2,1H3. The fourth-order valence-corrected chi connectivity index (χ4v) is 3.24. The minimum absolute atomic E-state index is 0.0773. The van der Waals surface area contributed by atoms with Gasteiger partial charge in [-0.15, -0.1) is 0 Å². The monoisotopic (exact) mass is 304 g/mol. The first-order valence-corrected chi connectivity index (χ1v) is 7.46. The Morgan fingerprint density at radius 3 is 2.45 bits per heavy atom. The normalized spacial score (nSPS) is 24.9. The van der Waals surface area contributed by atoms with Crippen molar-refractivity contribution < 1.29 is 13.2 Å². The number of likely N-dealkylation sites (tertiary alicyclic amines) is 1. The Morgan fingerprint density at radius 2 is 1.90 bits per heavy atom. The number of nitrogens with zero attached hydrogens (tertiary/aromatic N) is 1. The van der Waals surface area contributed by atoms with E-state index >= 15 is 0 Å². The second-order valence-corrected chi connectivity index (χ2v) is 6.63. The van der Waals surface area contributed by atoms with E-state index in [1.54, 1.807) is 12.1 Å². The van der Waals surface area contributed by atoms with Gasteiger partial charge in [0, 0.05) is 30.6 Å². The van der Waals surface area contributed by atoms with Crippen LogP contribution in [-0.2, 0) is 6.54 Å². The summed E-state index contributed by atoms with van der Waals surface area (Å²) in [6.07, 6.45) is 1.04. The third-order valence-electron chi connectivity index (χ3n) is 3.33. The number of hydrogen-bond donors (Lipinski definition) is 1. The Bertz CT molecular complexity index is 423. The third kappa shape index (κ3) is 5.00. The number of alkyl halides is 3. The van der Waals surface area contributed by atoms with Gasteiger partial charge in [0.2, 0.25) is 0 Å². The molecule has 2 N–H and O–H groups in total. The maximum atomic E-state index is 12.2.